The lowest BCUT2D eigenvalue weighted by molar-refractivity contribution is 1.14. The lowest BCUT2D eigenvalue weighted by Crippen LogP contribution is -1.99. The van der Waals surface area contributed by atoms with Gasteiger partial charge in [-0.3, -0.25) is 0 Å². The number of benzene rings is 2. The summed E-state index contributed by atoms with van der Waals surface area (Å²) >= 11 is 12.0. The Labute approximate surface area is 111 Å². The fourth-order valence-electron chi connectivity index (χ4n) is 1.54. The summed E-state index contributed by atoms with van der Waals surface area (Å²) in [4.78, 5) is 0. The molecule has 1 nitrogen and oxygen atoms in total. The molecule has 0 unspecified atom stereocenters. The molecule has 0 spiro atoms. The minimum absolute atomic E-state index is 0.681. The Morgan fingerprint density at radius 3 is 2.41 bits per heavy atom. The smallest absolute Gasteiger partial charge is 0.0638 e. The molecule has 3 heteroatoms. The van der Waals surface area contributed by atoms with Crippen LogP contribution in [0.15, 0.2) is 42.5 Å². The second-order valence-electron chi connectivity index (χ2n) is 3.96. The Bertz CT molecular complexity index is 506. The largest absolute Gasteiger partial charge is 0.380 e. The molecule has 1 N–H and O–H groups in total. The maximum Gasteiger partial charge on any atom is 0.0638 e. The number of rotatable bonds is 3. The summed E-state index contributed by atoms with van der Waals surface area (Å²) in [5, 5.41) is 4.64. The highest BCUT2D eigenvalue weighted by molar-refractivity contribution is 6.35. The first-order valence-corrected chi connectivity index (χ1v) is 6.15. The Hall–Kier alpha value is -1.18. The van der Waals surface area contributed by atoms with E-state index in [2.05, 4.69) is 36.5 Å². The fraction of sp³-hybridized carbons (Fsp3) is 0.143. The van der Waals surface area contributed by atoms with E-state index in [-0.39, 0.29) is 0 Å². The van der Waals surface area contributed by atoms with E-state index in [1.807, 2.05) is 6.07 Å². The molecule has 0 aliphatic heterocycles. The van der Waals surface area contributed by atoms with E-state index in [1.54, 1.807) is 12.1 Å². The maximum absolute atomic E-state index is 6.07. The summed E-state index contributed by atoms with van der Waals surface area (Å²) in [6.45, 7) is 2.81. The molecule has 0 bridgehead atoms. The first-order chi connectivity index (χ1) is 8.15. The molecule has 0 saturated carbocycles. The summed E-state index contributed by atoms with van der Waals surface area (Å²) in [5.74, 6) is 0. The molecule has 0 atom stereocenters. The van der Waals surface area contributed by atoms with E-state index in [9.17, 15) is 0 Å². The summed E-state index contributed by atoms with van der Waals surface area (Å²) in [7, 11) is 0. The highest BCUT2D eigenvalue weighted by Crippen LogP contribution is 2.25. The van der Waals surface area contributed by atoms with Crippen molar-refractivity contribution in [2.24, 2.45) is 0 Å². The third-order valence-electron chi connectivity index (χ3n) is 2.53. The predicted molar refractivity (Wildman–Crippen MR) is 75.0 cm³/mol. The summed E-state index contributed by atoms with van der Waals surface area (Å²) < 4.78 is 0. The zero-order valence-electron chi connectivity index (χ0n) is 9.50. The van der Waals surface area contributed by atoms with Gasteiger partial charge in [0.15, 0.2) is 0 Å². The predicted octanol–water partition coefficient (Wildman–Crippen LogP) is 4.91. The Morgan fingerprint density at radius 2 is 1.71 bits per heavy atom. The van der Waals surface area contributed by atoms with E-state index >= 15 is 0 Å². The van der Waals surface area contributed by atoms with Gasteiger partial charge in [-0.15, -0.1) is 0 Å². The van der Waals surface area contributed by atoms with E-state index in [0.717, 1.165) is 12.2 Å². The quantitative estimate of drug-likeness (QED) is 0.831. The highest BCUT2D eigenvalue weighted by atomic mass is 35.5. The van der Waals surface area contributed by atoms with Gasteiger partial charge in [-0.05, 0) is 30.7 Å². The first kappa shape index (κ1) is 12.3. The minimum atomic E-state index is 0.681. The van der Waals surface area contributed by atoms with Crippen molar-refractivity contribution < 1.29 is 0 Å². The second-order valence-corrected chi connectivity index (χ2v) is 4.81. The van der Waals surface area contributed by atoms with Crippen LogP contribution in [0.25, 0.3) is 0 Å². The molecule has 88 valence electrons. The number of hydrogen-bond donors (Lipinski definition) is 1. The van der Waals surface area contributed by atoms with Gasteiger partial charge in [0.2, 0.25) is 0 Å². The Balaban J connectivity index is 2.07. The van der Waals surface area contributed by atoms with Gasteiger partial charge in [-0.25, -0.2) is 0 Å². The third kappa shape index (κ3) is 3.39. The van der Waals surface area contributed by atoms with Crippen LogP contribution < -0.4 is 5.32 Å². The molecule has 17 heavy (non-hydrogen) atoms. The van der Waals surface area contributed by atoms with Crippen LogP contribution in [-0.4, -0.2) is 0 Å². The molecule has 0 amide bonds. The van der Waals surface area contributed by atoms with Crippen molar-refractivity contribution >= 4 is 28.9 Å². The van der Waals surface area contributed by atoms with Crippen LogP contribution >= 0.6 is 23.2 Å². The zero-order chi connectivity index (χ0) is 12.3. The van der Waals surface area contributed by atoms with E-state index in [1.165, 1.54) is 11.1 Å². The lowest BCUT2D eigenvalue weighted by Gasteiger charge is -2.09. The highest BCUT2D eigenvalue weighted by Gasteiger charge is 2.00. The molecule has 2 aromatic carbocycles. The van der Waals surface area contributed by atoms with Gasteiger partial charge in [0.05, 0.1) is 10.7 Å². The first-order valence-electron chi connectivity index (χ1n) is 5.39. The minimum Gasteiger partial charge on any atom is -0.380 e. The molecule has 0 saturated heterocycles. The van der Waals surface area contributed by atoms with Gasteiger partial charge in [-0.1, -0.05) is 53.0 Å². The maximum atomic E-state index is 6.07. The number of nitrogens with one attached hydrogen (secondary N) is 1. The fourth-order valence-corrected chi connectivity index (χ4v) is 1.89. The van der Waals surface area contributed by atoms with E-state index in [0.29, 0.717) is 10.0 Å². The molecule has 2 aromatic rings. The van der Waals surface area contributed by atoms with Crippen LogP contribution in [0.4, 0.5) is 5.69 Å². The number of hydrogen-bond acceptors (Lipinski definition) is 1. The molecule has 0 heterocycles. The molecular formula is C14H13Cl2N. The summed E-state index contributed by atoms with van der Waals surface area (Å²) in [6, 6.07) is 13.8. The summed E-state index contributed by atoms with van der Waals surface area (Å²) in [5.41, 5.74) is 3.33. The second kappa shape index (κ2) is 5.44. The molecule has 0 aromatic heterocycles. The van der Waals surface area contributed by atoms with Crippen molar-refractivity contribution in [2.45, 2.75) is 13.5 Å². The molecule has 0 aliphatic carbocycles. The van der Waals surface area contributed by atoms with Crippen molar-refractivity contribution in [1.29, 1.82) is 0 Å². The van der Waals surface area contributed by atoms with Crippen molar-refractivity contribution in [1.82, 2.24) is 0 Å². The van der Waals surface area contributed by atoms with E-state index < -0.39 is 0 Å². The number of anilines is 1. The van der Waals surface area contributed by atoms with Crippen molar-refractivity contribution in [2.75, 3.05) is 5.32 Å². The number of halogens is 2. The average Bonchev–Trinajstić information content (AvgIpc) is 2.32. The molecular weight excluding hydrogens is 253 g/mol. The van der Waals surface area contributed by atoms with Crippen molar-refractivity contribution in [3.8, 4) is 0 Å². The van der Waals surface area contributed by atoms with Gasteiger partial charge in [0, 0.05) is 11.6 Å². The topological polar surface area (TPSA) is 12.0 Å². The third-order valence-corrected chi connectivity index (χ3v) is 3.10. The number of aryl methyl sites for hydroxylation is 1. The Morgan fingerprint density at radius 1 is 1.00 bits per heavy atom. The van der Waals surface area contributed by atoms with Gasteiger partial charge >= 0.3 is 0 Å². The van der Waals surface area contributed by atoms with Crippen molar-refractivity contribution in [3.05, 3.63) is 63.6 Å². The lowest BCUT2D eigenvalue weighted by atomic mass is 10.1. The molecule has 0 radical (unpaired) electrons. The summed E-state index contributed by atoms with van der Waals surface area (Å²) in [6.07, 6.45) is 0. The van der Waals surface area contributed by atoms with Crippen LogP contribution in [0.3, 0.4) is 0 Å². The normalized spacial score (nSPS) is 10.3. The standard InChI is InChI=1S/C14H13Cl2N/c1-10-2-4-11(5-3-10)9-17-14-8-12(15)6-7-13(14)16/h2-8,17H,9H2,1H3. The van der Waals surface area contributed by atoms with Gasteiger partial charge in [0.25, 0.3) is 0 Å². The molecule has 2 rings (SSSR count). The van der Waals surface area contributed by atoms with E-state index in [4.69, 9.17) is 23.2 Å². The average molecular weight is 266 g/mol. The molecule has 0 fully saturated rings. The van der Waals surface area contributed by atoms with Crippen LogP contribution in [0.1, 0.15) is 11.1 Å². The van der Waals surface area contributed by atoms with Crippen LogP contribution in [0.5, 0.6) is 0 Å². The van der Waals surface area contributed by atoms with Gasteiger partial charge in [-0.2, -0.15) is 0 Å². The van der Waals surface area contributed by atoms with Crippen LogP contribution in [0, 0.1) is 6.92 Å². The Kier molecular flexibility index (Phi) is 3.93. The zero-order valence-corrected chi connectivity index (χ0v) is 11.0. The van der Waals surface area contributed by atoms with Crippen molar-refractivity contribution in [3.63, 3.8) is 0 Å². The van der Waals surface area contributed by atoms with Crippen LogP contribution in [0.2, 0.25) is 10.0 Å². The molecule has 0 aliphatic rings. The van der Waals surface area contributed by atoms with Gasteiger partial charge < -0.3 is 5.32 Å². The monoisotopic (exact) mass is 265 g/mol. The van der Waals surface area contributed by atoms with Crippen LogP contribution in [-0.2, 0) is 6.54 Å². The SMILES string of the molecule is Cc1ccc(CNc2cc(Cl)ccc2Cl)cc1. The van der Waals surface area contributed by atoms with Gasteiger partial charge in [0.1, 0.15) is 0 Å².